The second kappa shape index (κ2) is 10.8. The van der Waals surface area contributed by atoms with Crippen LogP contribution in [0.4, 0.5) is 0 Å². The van der Waals surface area contributed by atoms with Crippen molar-refractivity contribution >= 4 is 5.90 Å². The number of hydrogen-bond acceptors (Lipinski definition) is 6. The van der Waals surface area contributed by atoms with Gasteiger partial charge < -0.3 is 15.2 Å². The Morgan fingerprint density at radius 3 is 2.71 bits per heavy atom. The zero-order chi connectivity index (χ0) is 27.1. The van der Waals surface area contributed by atoms with Crippen molar-refractivity contribution in [1.82, 2.24) is 9.80 Å². The number of methoxy groups -OCH3 is 2. The molecule has 6 atom stereocenters. The third kappa shape index (κ3) is 4.46. The highest BCUT2D eigenvalue weighted by Gasteiger charge is 2.68. The standard InChI is InChI=1S/C32H50N4O2/c1-7-8-28(35(4)22(2)34-30(38-6)14-17-33)26-13-15-31(3)29-19-24-11-12-25(37-5)20-27(24)32(26,31)16-18-36(29)21-23-9-10-23/h11-12,14,17,20,22-23,26,28-29H,7-10,13,15-16,18-19,21,33H2,1-6H3/b17-14-,34-30?. The number of aliphatic imine (C=N–C) groups is 1. The van der Waals surface area contributed by atoms with Crippen LogP contribution < -0.4 is 10.5 Å². The Morgan fingerprint density at radius 1 is 1.26 bits per heavy atom. The number of benzene rings is 1. The molecule has 2 bridgehead atoms. The van der Waals surface area contributed by atoms with Crippen molar-refractivity contribution in [3.8, 4) is 5.75 Å². The quantitative estimate of drug-likeness (QED) is 0.331. The van der Waals surface area contributed by atoms with E-state index in [0.717, 1.165) is 18.1 Å². The third-order valence-electron chi connectivity index (χ3n) is 10.9. The molecule has 1 heterocycles. The maximum Gasteiger partial charge on any atom is 0.211 e. The lowest BCUT2D eigenvalue weighted by atomic mass is 9.48. The van der Waals surface area contributed by atoms with Crippen molar-refractivity contribution in [3.63, 3.8) is 0 Å². The molecule has 1 aromatic carbocycles. The lowest BCUT2D eigenvalue weighted by Crippen LogP contribution is -2.67. The molecule has 0 radical (unpaired) electrons. The Hall–Kier alpha value is -2.05. The van der Waals surface area contributed by atoms with Crippen molar-refractivity contribution in [2.24, 2.45) is 28.0 Å². The first kappa shape index (κ1) is 27.5. The lowest BCUT2D eigenvalue weighted by molar-refractivity contribution is -0.0681. The van der Waals surface area contributed by atoms with Crippen LogP contribution in [0.1, 0.15) is 76.8 Å². The fraction of sp³-hybridized carbons (Fsp3) is 0.719. The summed E-state index contributed by atoms with van der Waals surface area (Å²) in [6.45, 7) is 9.69. The van der Waals surface area contributed by atoms with Crippen LogP contribution in [0.15, 0.2) is 35.5 Å². The summed E-state index contributed by atoms with van der Waals surface area (Å²) in [5.41, 5.74) is 9.21. The Balaban J connectivity index is 1.58. The van der Waals surface area contributed by atoms with Gasteiger partial charge in [-0.2, -0.15) is 0 Å². The maximum absolute atomic E-state index is 5.82. The Bertz CT molecular complexity index is 1050. The van der Waals surface area contributed by atoms with Crippen molar-refractivity contribution < 1.29 is 9.47 Å². The molecule has 5 rings (SSSR count). The monoisotopic (exact) mass is 522 g/mol. The molecule has 38 heavy (non-hydrogen) atoms. The van der Waals surface area contributed by atoms with Gasteiger partial charge in [0, 0.05) is 30.1 Å². The highest BCUT2D eigenvalue weighted by Crippen LogP contribution is 2.68. The normalized spacial score (nSPS) is 32.8. The molecule has 0 spiro atoms. The SMILES string of the molecule is CCCC(C1CCC2(C)C3Cc4ccc(OC)cc4C12CCN3CC1CC1)N(C)C(C)N=C(/C=C\N)OC. The van der Waals surface area contributed by atoms with Gasteiger partial charge >= 0.3 is 0 Å². The van der Waals surface area contributed by atoms with Crippen LogP contribution in [0.2, 0.25) is 0 Å². The minimum Gasteiger partial charge on any atom is -0.497 e. The van der Waals surface area contributed by atoms with Gasteiger partial charge in [-0.3, -0.25) is 9.80 Å². The Kier molecular flexibility index (Phi) is 7.85. The van der Waals surface area contributed by atoms with E-state index in [1.807, 2.05) is 7.11 Å². The van der Waals surface area contributed by atoms with Gasteiger partial charge in [0.15, 0.2) is 0 Å². The van der Waals surface area contributed by atoms with Gasteiger partial charge in [-0.05, 0) is 112 Å². The maximum atomic E-state index is 5.82. The summed E-state index contributed by atoms with van der Waals surface area (Å²) in [6.07, 6.45) is 13.4. The summed E-state index contributed by atoms with van der Waals surface area (Å²) in [5.74, 6) is 3.08. The molecule has 0 amide bonds. The first-order valence-electron chi connectivity index (χ1n) is 15.0. The van der Waals surface area contributed by atoms with E-state index in [0.29, 0.717) is 23.9 Å². The molecule has 6 unspecified atom stereocenters. The first-order chi connectivity index (χ1) is 18.3. The van der Waals surface area contributed by atoms with Gasteiger partial charge in [0.25, 0.3) is 0 Å². The summed E-state index contributed by atoms with van der Waals surface area (Å²) in [6, 6.07) is 8.05. The van der Waals surface area contributed by atoms with Gasteiger partial charge in [-0.1, -0.05) is 26.3 Å². The molecule has 0 aromatic heterocycles. The summed E-state index contributed by atoms with van der Waals surface area (Å²) >= 11 is 0. The molecule has 6 nitrogen and oxygen atoms in total. The van der Waals surface area contributed by atoms with Gasteiger partial charge in [0.2, 0.25) is 5.90 Å². The van der Waals surface area contributed by atoms with Crippen molar-refractivity contribution in [1.29, 1.82) is 0 Å². The number of fused-ring (bicyclic) bond motifs is 1. The van der Waals surface area contributed by atoms with Crippen LogP contribution >= 0.6 is 0 Å². The zero-order valence-corrected chi connectivity index (χ0v) is 24.6. The summed E-state index contributed by atoms with van der Waals surface area (Å²) in [4.78, 5) is 10.3. The number of nitrogens with zero attached hydrogens (tertiary/aromatic N) is 3. The highest BCUT2D eigenvalue weighted by molar-refractivity contribution is 5.87. The fourth-order valence-corrected chi connectivity index (χ4v) is 8.80. The number of nitrogens with two attached hydrogens (primary N) is 1. The molecule has 2 N–H and O–H groups in total. The molecule has 1 aliphatic heterocycles. The zero-order valence-electron chi connectivity index (χ0n) is 24.6. The van der Waals surface area contributed by atoms with E-state index in [9.17, 15) is 0 Å². The minimum atomic E-state index is 0.0000733. The number of hydrogen-bond donors (Lipinski definition) is 1. The van der Waals surface area contributed by atoms with Crippen LogP contribution in [0.3, 0.4) is 0 Å². The second-order valence-corrected chi connectivity index (χ2v) is 12.6. The van der Waals surface area contributed by atoms with E-state index >= 15 is 0 Å². The molecule has 3 aliphatic carbocycles. The fourth-order valence-electron chi connectivity index (χ4n) is 8.80. The van der Waals surface area contributed by atoms with Gasteiger partial charge in [0.05, 0.1) is 14.2 Å². The molecule has 3 fully saturated rings. The van der Waals surface area contributed by atoms with Crippen LogP contribution in [-0.4, -0.2) is 68.3 Å². The first-order valence-corrected chi connectivity index (χ1v) is 15.0. The van der Waals surface area contributed by atoms with E-state index in [1.165, 1.54) is 64.2 Å². The third-order valence-corrected chi connectivity index (χ3v) is 10.9. The van der Waals surface area contributed by atoms with E-state index in [1.54, 1.807) is 24.3 Å². The highest BCUT2D eigenvalue weighted by atomic mass is 16.5. The van der Waals surface area contributed by atoms with Gasteiger partial charge in [-0.15, -0.1) is 0 Å². The summed E-state index contributed by atoms with van der Waals surface area (Å²) < 4.78 is 11.3. The van der Waals surface area contributed by atoms with E-state index in [4.69, 9.17) is 20.2 Å². The molecule has 6 heteroatoms. The number of rotatable bonds is 10. The second-order valence-electron chi connectivity index (χ2n) is 12.6. The largest absolute Gasteiger partial charge is 0.497 e. The number of likely N-dealkylation sites (tertiary alicyclic amines) is 1. The molecule has 4 aliphatic rings. The van der Waals surface area contributed by atoms with Crippen LogP contribution in [0.5, 0.6) is 5.75 Å². The van der Waals surface area contributed by atoms with Gasteiger partial charge in [0.1, 0.15) is 11.9 Å². The van der Waals surface area contributed by atoms with E-state index in [-0.39, 0.29) is 17.0 Å². The molecular formula is C32H50N4O2. The van der Waals surface area contributed by atoms with Crippen molar-refractivity contribution in [2.75, 3.05) is 34.4 Å². The van der Waals surface area contributed by atoms with Crippen molar-refractivity contribution in [2.45, 2.75) is 95.8 Å². The van der Waals surface area contributed by atoms with E-state index in [2.05, 4.69) is 55.8 Å². The van der Waals surface area contributed by atoms with Crippen LogP contribution in [-0.2, 0) is 16.6 Å². The Morgan fingerprint density at radius 2 is 2.05 bits per heavy atom. The molecule has 210 valence electrons. The molecule has 1 aromatic rings. The van der Waals surface area contributed by atoms with Crippen molar-refractivity contribution in [3.05, 3.63) is 41.6 Å². The lowest BCUT2D eigenvalue weighted by Gasteiger charge is -2.63. The predicted molar refractivity (Wildman–Crippen MR) is 156 cm³/mol. The average Bonchev–Trinajstić information content (AvgIpc) is 3.67. The van der Waals surface area contributed by atoms with Crippen LogP contribution in [0, 0.1) is 17.3 Å². The topological polar surface area (TPSA) is 63.3 Å². The Labute approximate surface area is 230 Å². The van der Waals surface area contributed by atoms with Crippen LogP contribution in [0.25, 0.3) is 0 Å². The predicted octanol–water partition coefficient (Wildman–Crippen LogP) is 5.35. The van der Waals surface area contributed by atoms with Gasteiger partial charge in [-0.25, -0.2) is 4.99 Å². The minimum absolute atomic E-state index is 0.0000733. The summed E-state index contributed by atoms with van der Waals surface area (Å²) in [7, 11) is 5.75. The average molecular weight is 523 g/mol. The molecule has 1 saturated heterocycles. The smallest absolute Gasteiger partial charge is 0.211 e. The number of piperidine rings is 1. The molecular weight excluding hydrogens is 472 g/mol. The molecule has 2 saturated carbocycles. The summed E-state index contributed by atoms with van der Waals surface area (Å²) in [5, 5.41) is 0. The number of ether oxygens (including phenoxy) is 2. The van der Waals surface area contributed by atoms with E-state index < -0.39 is 0 Å².